The van der Waals surface area contributed by atoms with E-state index in [0.717, 1.165) is 10.7 Å². The molecule has 0 bridgehead atoms. The molecule has 2 aliphatic heterocycles. The van der Waals surface area contributed by atoms with Crippen molar-refractivity contribution in [3.8, 4) is 0 Å². The van der Waals surface area contributed by atoms with Crippen molar-refractivity contribution in [3.05, 3.63) is 107 Å². The molecule has 3 aromatic carbocycles. The number of nitrogens with zero attached hydrogens (tertiary/aromatic N) is 1. The molecule has 1 atom stereocenters. The highest BCUT2D eigenvalue weighted by molar-refractivity contribution is 8.01. The molecule has 29 heavy (non-hydrogen) atoms. The van der Waals surface area contributed by atoms with Gasteiger partial charge in [-0.3, -0.25) is 0 Å². The molecule has 1 unspecified atom stereocenters. The zero-order valence-electron chi connectivity index (χ0n) is 17.1. The Morgan fingerprint density at radius 1 is 0.759 bits per heavy atom. The maximum atomic E-state index is 6.10. The summed E-state index contributed by atoms with van der Waals surface area (Å²) < 4.78 is 0. The van der Waals surface area contributed by atoms with E-state index in [4.69, 9.17) is 12.2 Å². The summed E-state index contributed by atoms with van der Waals surface area (Å²) in [6.07, 6.45) is 0. The number of hydrogen-bond acceptors (Lipinski definition) is 2. The minimum atomic E-state index is -0.251. The highest BCUT2D eigenvalue weighted by Gasteiger charge is 2.68. The monoisotopic (exact) mass is 415 g/mol. The molecule has 0 saturated carbocycles. The Morgan fingerprint density at radius 3 is 1.72 bits per heavy atom. The molecule has 0 aliphatic carbocycles. The minimum Gasteiger partial charge on any atom is -0.349 e. The Kier molecular flexibility index (Phi) is 4.20. The summed E-state index contributed by atoms with van der Waals surface area (Å²) >= 11 is 8.12. The molecule has 3 heteroatoms. The Hall–Kier alpha value is -2.10. The van der Waals surface area contributed by atoms with Gasteiger partial charge in [0.05, 0.1) is 10.4 Å². The van der Waals surface area contributed by atoms with Crippen LogP contribution in [0.25, 0.3) is 0 Å². The van der Waals surface area contributed by atoms with Crippen LogP contribution in [0.15, 0.2) is 84.9 Å². The predicted octanol–water partition coefficient (Wildman–Crippen LogP) is 6.12. The van der Waals surface area contributed by atoms with Crippen molar-refractivity contribution >= 4 is 29.0 Å². The molecular formula is C26H25NS2. The van der Waals surface area contributed by atoms with Gasteiger partial charge in [0.1, 0.15) is 4.87 Å². The quantitative estimate of drug-likeness (QED) is 0.464. The van der Waals surface area contributed by atoms with Crippen molar-refractivity contribution in [1.82, 2.24) is 4.90 Å². The lowest BCUT2D eigenvalue weighted by Crippen LogP contribution is -2.70. The molecule has 0 N–H and O–H groups in total. The second-order valence-electron chi connectivity index (χ2n) is 8.60. The molecule has 5 rings (SSSR count). The first kappa shape index (κ1) is 18.9. The molecule has 3 aromatic rings. The molecule has 0 radical (unpaired) electrons. The van der Waals surface area contributed by atoms with E-state index in [2.05, 4.69) is 111 Å². The van der Waals surface area contributed by atoms with Crippen molar-refractivity contribution < 1.29 is 0 Å². The second-order valence-corrected chi connectivity index (χ2v) is 10.2. The van der Waals surface area contributed by atoms with Crippen LogP contribution in [-0.4, -0.2) is 22.7 Å². The van der Waals surface area contributed by atoms with Gasteiger partial charge in [0.2, 0.25) is 0 Å². The Bertz CT molecular complexity index is 1030. The number of thioether (sulfide) groups is 1. The van der Waals surface area contributed by atoms with Crippen LogP contribution >= 0.6 is 24.0 Å². The van der Waals surface area contributed by atoms with E-state index in [1.807, 2.05) is 11.8 Å². The standard InChI is InChI=1S/C26H25NS2/c1-24(2)21-16-10-11-17-22(21)26(27(3)23(24)28)25(18-29-26,19-12-6-4-7-13-19)20-14-8-5-9-15-20/h4-17H,18H2,1-3H3. The average molecular weight is 416 g/mol. The number of rotatable bonds is 2. The summed E-state index contributed by atoms with van der Waals surface area (Å²) in [7, 11) is 2.20. The largest absolute Gasteiger partial charge is 0.349 e. The fourth-order valence-corrected chi connectivity index (χ4v) is 7.59. The number of benzene rings is 3. The van der Waals surface area contributed by atoms with Gasteiger partial charge in [-0.25, -0.2) is 0 Å². The fraction of sp³-hybridized carbons (Fsp3) is 0.269. The SMILES string of the molecule is CN1C(=S)C(C)(C)c2ccccc2C12SCC2(c1ccccc1)c1ccccc1. The number of likely N-dealkylation sites (N-methyl/N-ethyl adjacent to an activating group) is 1. The van der Waals surface area contributed by atoms with E-state index in [1.165, 1.54) is 22.3 Å². The summed E-state index contributed by atoms with van der Waals surface area (Å²) in [4.78, 5) is 3.16. The summed E-state index contributed by atoms with van der Waals surface area (Å²) in [5.74, 6) is 1.03. The van der Waals surface area contributed by atoms with Crippen molar-refractivity contribution in [2.24, 2.45) is 0 Å². The Labute approximate surface area is 183 Å². The maximum Gasteiger partial charge on any atom is 0.127 e. The van der Waals surface area contributed by atoms with Crippen LogP contribution in [0.5, 0.6) is 0 Å². The van der Waals surface area contributed by atoms with E-state index < -0.39 is 0 Å². The van der Waals surface area contributed by atoms with Crippen LogP contribution in [0.2, 0.25) is 0 Å². The van der Waals surface area contributed by atoms with E-state index in [-0.39, 0.29) is 15.7 Å². The van der Waals surface area contributed by atoms with Gasteiger partial charge in [0.15, 0.2) is 0 Å². The van der Waals surface area contributed by atoms with Crippen molar-refractivity contribution in [1.29, 1.82) is 0 Å². The second kappa shape index (κ2) is 6.45. The summed E-state index contributed by atoms with van der Waals surface area (Å²) in [6.45, 7) is 4.52. The molecule has 0 aromatic heterocycles. The van der Waals surface area contributed by atoms with Crippen LogP contribution < -0.4 is 0 Å². The Balaban J connectivity index is 1.87. The third-order valence-electron chi connectivity index (χ3n) is 6.89. The molecule has 1 nitrogen and oxygen atoms in total. The zero-order valence-corrected chi connectivity index (χ0v) is 18.7. The van der Waals surface area contributed by atoms with Crippen LogP contribution in [0.3, 0.4) is 0 Å². The van der Waals surface area contributed by atoms with Gasteiger partial charge in [-0.1, -0.05) is 97.1 Å². The van der Waals surface area contributed by atoms with Crippen molar-refractivity contribution in [2.45, 2.75) is 29.5 Å². The normalized spacial score (nSPS) is 24.1. The molecule has 1 spiro atoms. The van der Waals surface area contributed by atoms with Crippen molar-refractivity contribution in [2.75, 3.05) is 12.8 Å². The van der Waals surface area contributed by atoms with E-state index in [1.54, 1.807) is 0 Å². The molecule has 0 amide bonds. The van der Waals surface area contributed by atoms with E-state index >= 15 is 0 Å². The van der Waals surface area contributed by atoms with E-state index in [9.17, 15) is 0 Å². The fourth-order valence-electron chi connectivity index (χ4n) is 5.40. The molecule has 1 fully saturated rings. The summed E-state index contributed by atoms with van der Waals surface area (Å²) in [5, 5.41) is 0. The lowest BCUT2D eigenvalue weighted by atomic mass is 9.62. The lowest BCUT2D eigenvalue weighted by molar-refractivity contribution is 0.184. The summed E-state index contributed by atoms with van der Waals surface area (Å²) in [6, 6.07) is 30.9. The van der Waals surface area contributed by atoms with E-state index in [0.29, 0.717) is 0 Å². The Morgan fingerprint density at radius 2 is 1.24 bits per heavy atom. The number of hydrogen-bond donors (Lipinski definition) is 0. The van der Waals surface area contributed by atoms with Gasteiger partial charge in [0.25, 0.3) is 0 Å². The van der Waals surface area contributed by atoms with Gasteiger partial charge in [0, 0.05) is 18.2 Å². The third-order valence-corrected chi connectivity index (χ3v) is 9.51. The highest BCUT2D eigenvalue weighted by atomic mass is 32.2. The molecular weight excluding hydrogens is 390 g/mol. The topological polar surface area (TPSA) is 3.24 Å². The van der Waals surface area contributed by atoms with Crippen LogP contribution in [0.4, 0.5) is 0 Å². The van der Waals surface area contributed by atoms with Gasteiger partial charge in [-0.15, -0.1) is 11.8 Å². The van der Waals surface area contributed by atoms with Crippen LogP contribution in [0, 0.1) is 0 Å². The lowest BCUT2D eigenvalue weighted by Gasteiger charge is -2.67. The smallest absolute Gasteiger partial charge is 0.127 e. The van der Waals surface area contributed by atoms with Gasteiger partial charge in [-0.05, 0) is 36.1 Å². The molecule has 146 valence electrons. The van der Waals surface area contributed by atoms with Crippen LogP contribution in [-0.2, 0) is 15.7 Å². The molecule has 1 saturated heterocycles. The highest BCUT2D eigenvalue weighted by Crippen LogP contribution is 2.69. The number of thiocarbonyl (C=S) groups is 1. The minimum absolute atomic E-state index is 0.161. The molecule has 2 aliphatic rings. The average Bonchev–Trinajstić information content (AvgIpc) is 2.74. The first-order valence-electron chi connectivity index (χ1n) is 10.1. The number of fused-ring (bicyclic) bond motifs is 2. The van der Waals surface area contributed by atoms with Crippen molar-refractivity contribution in [3.63, 3.8) is 0 Å². The van der Waals surface area contributed by atoms with Gasteiger partial charge in [-0.2, -0.15) is 0 Å². The first-order valence-corrected chi connectivity index (χ1v) is 11.5. The third kappa shape index (κ3) is 2.26. The van der Waals surface area contributed by atoms with Gasteiger partial charge >= 0.3 is 0 Å². The zero-order chi connectivity index (χ0) is 20.3. The predicted molar refractivity (Wildman–Crippen MR) is 128 cm³/mol. The van der Waals surface area contributed by atoms with Crippen LogP contribution in [0.1, 0.15) is 36.1 Å². The first-order chi connectivity index (χ1) is 14.0. The summed E-state index contributed by atoms with van der Waals surface area (Å²) in [5.41, 5.74) is 5.13. The van der Waals surface area contributed by atoms with Gasteiger partial charge < -0.3 is 4.90 Å². The maximum absolute atomic E-state index is 6.10. The molecule has 2 heterocycles.